The minimum Gasteiger partial charge on any atom is -0.493 e. The topological polar surface area (TPSA) is 26.5 Å². The second-order valence-electron chi connectivity index (χ2n) is 4.70. The predicted octanol–water partition coefficient (Wildman–Crippen LogP) is 3.24. The molecule has 0 amide bonds. The molecule has 1 aromatic carbocycles. The van der Waals surface area contributed by atoms with Gasteiger partial charge in [0.05, 0.1) is 12.8 Å². The third-order valence-corrected chi connectivity index (χ3v) is 3.22. The highest BCUT2D eigenvalue weighted by atomic mass is 16.5. The average molecular weight is 252 g/mol. The van der Waals surface area contributed by atoms with Gasteiger partial charge in [0.2, 0.25) is 0 Å². The molecule has 0 bridgehead atoms. The smallest absolute Gasteiger partial charge is 0.179 e. The Balaban J connectivity index is 1.95. The standard InChI is InChI=1S/C16H16N2O/c1-12-5-7-13(8-6-12)10-14-11-18-9-3-4-15(19-2)16(18)17-14/h3-9,11H,10H2,1-2H3. The van der Waals surface area contributed by atoms with Crippen molar-refractivity contribution < 1.29 is 4.74 Å². The quantitative estimate of drug-likeness (QED) is 0.715. The zero-order chi connectivity index (χ0) is 13.2. The fourth-order valence-electron chi connectivity index (χ4n) is 2.20. The lowest BCUT2D eigenvalue weighted by molar-refractivity contribution is 0.417. The normalized spacial score (nSPS) is 10.8. The van der Waals surface area contributed by atoms with Crippen LogP contribution in [0, 0.1) is 6.92 Å². The molecule has 0 aliphatic rings. The van der Waals surface area contributed by atoms with Crippen LogP contribution >= 0.6 is 0 Å². The van der Waals surface area contributed by atoms with E-state index in [-0.39, 0.29) is 0 Å². The van der Waals surface area contributed by atoms with Crippen molar-refractivity contribution in [1.29, 1.82) is 0 Å². The molecular formula is C16H16N2O. The molecule has 0 aliphatic heterocycles. The number of rotatable bonds is 3. The molecule has 2 heterocycles. The molecule has 0 N–H and O–H groups in total. The summed E-state index contributed by atoms with van der Waals surface area (Å²) in [6, 6.07) is 12.5. The monoisotopic (exact) mass is 252 g/mol. The van der Waals surface area contributed by atoms with Crippen LogP contribution in [0.3, 0.4) is 0 Å². The van der Waals surface area contributed by atoms with E-state index in [1.54, 1.807) is 7.11 Å². The Bertz CT molecular complexity index is 698. The van der Waals surface area contributed by atoms with Crippen molar-refractivity contribution in [3.05, 3.63) is 65.6 Å². The number of ether oxygens (including phenoxy) is 1. The van der Waals surface area contributed by atoms with Gasteiger partial charge >= 0.3 is 0 Å². The maximum absolute atomic E-state index is 5.32. The van der Waals surface area contributed by atoms with E-state index in [9.17, 15) is 0 Å². The second kappa shape index (κ2) is 4.76. The number of aromatic nitrogens is 2. The zero-order valence-electron chi connectivity index (χ0n) is 11.1. The van der Waals surface area contributed by atoms with Gasteiger partial charge in [0.15, 0.2) is 11.4 Å². The predicted molar refractivity (Wildman–Crippen MR) is 75.7 cm³/mol. The summed E-state index contributed by atoms with van der Waals surface area (Å²) < 4.78 is 7.33. The van der Waals surface area contributed by atoms with Crippen LogP contribution in [0.4, 0.5) is 0 Å². The second-order valence-corrected chi connectivity index (χ2v) is 4.70. The third-order valence-electron chi connectivity index (χ3n) is 3.22. The largest absolute Gasteiger partial charge is 0.493 e. The number of hydrogen-bond donors (Lipinski definition) is 0. The number of methoxy groups -OCH3 is 1. The average Bonchev–Trinajstić information content (AvgIpc) is 2.83. The van der Waals surface area contributed by atoms with Crippen LogP contribution in [0.1, 0.15) is 16.8 Å². The number of hydrogen-bond acceptors (Lipinski definition) is 2. The first-order chi connectivity index (χ1) is 9.26. The van der Waals surface area contributed by atoms with Crippen molar-refractivity contribution in [3.8, 4) is 5.75 Å². The molecule has 3 nitrogen and oxygen atoms in total. The van der Waals surface area contributed by atoms with Gasteiger partial charge < -0.3 is 9.14 Å². The minimum absolute atomic E-state index is 0.803. The molecule has 0 spiro atoms. The number of fused-ring (bicyclic) bond motifs is 1. The lowest BCUT2D eigenvalue weighted by Gasteiger charge is -1.99. The van der Waals surface area contributed by atoms with Crippen molar-refractivity contribution >= 4 is 5.65 Å². The molecule has 3 heteroatoms. The summed E-state index contributed by atoms with van der Waals surface area (Å²) >= 11 is 0. The Morgan fingerprint density at radius 1 is 1.16 bits per heavy atom. The maximum atomic E-state index is 5.32. The van der Waals surface area contributed by atoms with E-state index in [4.69, 9.17) is 4.74 Å². The van der Waals surface area contributed by atoms with Gasteiger partial charge in [-0.1, -0.05) is 29.8 Å². The SMILES string of the molecule is COc1cccn2cc(Cc3ccc(C)cc3)nc12. The van der Waals surface area contributed by atoms with Crippen molar-refractivity contribution in [2.24, 2.45) is 0 Å². The molecular weight excluding hydrogens is 236 g/mol. The summed E-state index contributed by atoms with van der Waals surface area (Å²) in [5.41, 5.74) is 4.47. The van der Waals surface area contributed by atoms with Crippen molar-refractivity contribution in [2.75, 3.05) is 7.11 Å². The van der Waals surface area contributed by atoms with E-state index < -0.39 is 0 Å². The van der Waals surface area contributed by atoms with E-state index in [2.05, 4.69) is 42.4 Å². The molecule has 0 unspecified atom stereocenters. The summed E-state index contributed by atoms with van der Waals surface area (Å²) in [6.45, 7) is 2.10. The van der Waals surface area contributed by atoms with Crippen molar-refractivity contribution in [3.63, 3.8) is 0 Å². The van der Waals surface area contributed by atoms with Crippen LogP contribution in [0.15, 0.2) is 48.8 Å². The number of benzene rings is 1. The Morgan fingerprint density at radius 2 is 1.95 bits per heavy atom. The first-order valence-corrected chi connectivity index (χ1v) is 6.32. The van der Waals surface area contributed by atoms with Gasteiger partial charge in [-0.3, -0.25) is 0 Å². The summed E-state index contributed by atoms with van der Waals surface area (Å²) in [7, 11) is 1.67. The van der Waals surface area contributed by atoms with Crippen LogP contribution < -0.4 is 4.74 Å². The molecule has 0 radical (unpaired) electrons. The van der Waals surface area contributed by atoms with Crippen LogP contribution in [0.5, 0.6) is 5.75 Å². The molecule has 96 valence electrons. The van der Waals surface area contributed by atoms with E-state index in [0.717, 1.165) is 23.5 Å². The minimum atomic E-state index is 0.803. The lowest BCUT2D eigenvalue weighted by Crippen LogP contribution is -1.89. The molecule has 3 aromatic rings. The number of pyridine rings is 1. The van der Waals surface area contributed by atoms with E-state index in [1.165, 1.54) is 11.1 Å². The number of aryl methyl sites for hydroxylation is 1. The van der Waals surface area contributed by atoms with Crippen LogP contribution in [-0.2, 0) is 6.42 Å². The first kappa shape index (κ1) is 11.8. The van der Waals surface area contributed by atoms with Crippen LogP contribution in [0.2, 0.25) is 0 Å². The highest BCUT2D eigenvalue weighted by molar-refractivity contribution is 5.54. The van der Waals surface area contributed by atoms with Gasteiger partial charge in [-0.15, -0.1) is 0 Å². The Hall–Kier alpha value is -2.29. The Kier molecular flexibility index (Phi) is 2.95. The van der Waals surface area contributed by atoms with Gasteiger partial charge in [-0.25, -0.2) is 4.98 Å². The van der Waals surface area contributed by atoms with Gasteiger partial charge in [-0.05, 0) is 24.6 Å². The van der Waals surface area contributed by atoms with E-state index in [1.807, 2.05) is 22.7 Å². The van der Waals surface area contributed by atoms with Gasteiger partial charge in [-0.2, -0.15) is 0 Å². The molecule has 0 fully saturated rings. The molecule has 2 aromatic heterocycles. The molecule has 3 rings (SSSR count). The van der Waals surface area contributed by atoms with Crippen molar-refractivity contribution in [2.45, 2.75) is 13.3 Å². The Morgan fingerprint density at radius 3 is 2.68 bits per heavy atom. The van der Waals surface area contributed by atoms with Gasteiger partial charge in [0.25, 0.3) is 0 Å². The molecule has 0 saturated carbocycles. The van der Waals surface area contributed by atoms with Gasteiger partial charge in [0, 0.05) is 18.8 Å². The summed E-state index contributed by atoms with van der Waals surface area (Å²) in [5.74, 6) is 0.803. The fourth-order valence-corrected chi connectivity index (χ4v) is 2.20. The highest BCUT2D eigenvalue weighted by Crippen LogP contribution is 2.19. The van der Waals surface area contributed by atoms with E-state index in [0.29, 0.717) is 0 Å². The zero-order valence-corrected chi connectivity index (χ0v) is 11.1. The molecule has 0 atom stereocenters. The highest BCUT2D eigenvalue weighted by Gasteiger charge is 2.06. The number of nitrogens with zero attached hydrogens (tertiary/aromatic N) is 2. The molecule has 0 aliphatic carbocycles. The van der Waals surface area contributed by atoms with Crippen LogP contribution in [0.25, 0.3) is 5.65 Å². The lowest BCUT2D eigenvalue weighted by atomic mass is 10.1. The maximum Gasteiger partial charge on any atom is 0.179 e. The molecule has 19 heavy (non-hydrogen) atoms. The molecule has 0 saturated heterocycles. The van der Waals surface area contributed by atoms with Crippen molar-refractivity contribution in [1.82, 2.24) is 9.38 Å². The third kappa shape index (κ3) is 2.32. The Labute approximate surface area is 112 Å². The fraction of sp³-hybridized carbons (Fsp3) is 0.188. The number of imidazole rings is 1. The summed E-state index contributed by atoms with van der Waals surface area (Å²) in [6.07, 6.45) is 4.88. The summed E-state index contributed by atoms with van der Waals surface area (Å²) in [4.78, 5) is 4.64. The van der Waals surface area contributed by atoms with Crippen LogP contribution in [-0.4, -0.2) is 16.5 Å². The summed E-state index contributed by atoms with van der Waals surface area (Å²) in [5, 5.41) is 0. The van der Waals surface area contributed by atoms with Gasteiger partial charge in [0.1, 0.15) is 0 Å². The van der Waals surface area contributed by atoms with E-state index >= 15 is 0 Å². The first-order valence-electron chi connectivity index (χ1n) is 6.32.